The molecule has 2 aromatic rings. The number of hydrogen-bond acceptors (Lipinski definition) is 4. The van der Waals surface area contributed by atoms with Crippen LogP contribution in [0.2, 0.25) is 0 Å². The van der Waals surface area contributed by atoms with E-state index in [1.54, 1.807) is 0 Å². The molecule has 0 radical (unpaired) electrons. The fourth-order valence-corrected chi connectivity index (χ4v) is 3.83. The number of likely N-dealkylation sites (tertiary alicyclic amines) is 1. The summed E-state index contributed by atoms with van der Waals surface area (Å²) in [6, 6.07) is 7.56. The second kappa shape index (κ2) is 6.26. The minimum atomic E-state index is -0.310. The van der Waals surface area contributed by atoms with Crippen molar-refractivity contribution in [2.45, 2.75) is 31.6 Å². The fourth-order valence-electron chi connectivity index (χ4n) is 3.37. The van der Waals surface area contributed by atoms with E-state index in [2.05, 4.69) is 15.9 Å². The van der Waals surface area contributed by atoms with Crippen molar-refractivity contribution in [1.29, 1.82) is 0 Å². The van der Waals surface area contributed by atoms with E-state index in [9.17, 15) is 4.79 Å². The SMILES string of the molecule is O=C(c1cc2cccc(Br)c2o1)N1CCCCC1C1OCCO1. The first-order chi connectivity index (χ1) is 11.2. The molecule has 1 amide bonds. The van der Waals surface area contributed by atoms with Crippen LogP contribution in [0.3, 0.4) is 0 Å². The first kappa shape index (κ1) is 15.2. The minimum Gasteiger partial charge on any atom is -0.450 e. The standard InChI is InChI=1S/C17H18BrNO4/c18-12-5-3-4-11-10-14(23-15(11)12)16(20)19-7-2-1-6-13(19)17-21-8-9-22-17/h3-5,10,13,17H,1-2,6-9H2. The number of halogens is 1. The summed E-state index contributed by atoms with van der Waals surface area (Å²) >= 11 is 3.46. The van der Waals surface area contributed by atoms with Crippen LogP contribution in [0.25, 0.3) is 11.0 Å². The predicted molar refractivity (Wildman–Crippen MR) is 88.3 cm³/mol. The molecule has 3 heterocycles. The molecule has 0 N–H and O–H groups in total. The molecular formula is C17H18BrNO4. The Morgan fingerprint density at radius 2 is 2.04 bits per heavy atom. The van der Waals surface area contributed by atoms with Gasteiger partial charge in [0, 0.05) is 11.9 Å². The molecule has 23 heavy (non-hydrogen) atoms. The van der Waals surface area contributed by atoms with Gasteiger partial charge >= 0.3 is 0 Å². The summed E-state index contributed by atoms with van der Waals surface area (Å²) in [5.41, 5.74) is 0.706. The van der Waals surface area contributed by atoms with Gasteiger partial charge in [-0.05, 0) is 47.3 Å². The number of para-hydroxylation sites is 1. The predicted octanol–water partition coefficient (Wildman–Crippen LogP) is 3.56. The molecule has 0 spiro atoms. The molecule has 2 aliphatic rings. The third-order valence-corrected chi connectivity index (χ3v) is 5.10. The maximum atomic E-state index is 13.0. The van der Waals surface area contributed by atoms with Crippen LogP contribution in [0, 0.1) is 0 Å². The number of ether oxygens (including phenoxy) is 2. The lowest BCUT2D eigenvalue weighted by Gasteiger charge is -2.37. The van der Waals surface area contributed by atoms with E-state index < -0.39 is 0 Å². The molecule has 4 rings (SSSR count). The van der Waals surface area contributed by atoms with E-state index in [1.807, 2.05) is 29.2 Å². The molecule has 2 saturated heterocycles. The Labute approximate surface area is 142 Å². The lowest BCUT2D eigenvalue weighted by Crippen LogP contribution is -2.50. The summed E-state index contributed by atoms with van der Waals surface area (Å²) in [7, 11) is 0. The first-order valence-corrected chi connectivity index (χ1v) is 8.75. The van der Waals surface area contributed by atoms with Crippen molar-refractivity contribution in [3.05, 3.63) is 34.5 Å². The molecule has 5 nitrogen and oxygen atoms in total. The molecule has 1 unspecified atom stereocenters. The van der Waals surface area contributed by atoms with Gasteiger partial charge in [-0.3, -0.25) is 4.79 Å². The molecule has 1 aromatic carbocycles. The molecule has 1 atom stereocenters. The van der Waals surface area contributed by atoms with Gasteiger partial charge in [0.15, 0.2) is 12.1 Å². The van der Waals surface area contributed by atoms with Gasteiger partial charge in [0.05, 0.1) is 23.7 Å². The van der Waals surface area contributed by atoms with Gasteiger partial charge in [0.1, 0.15) is 5.58 Å². The molecular weight excluding hydrogens is 362 g/mol. The Balaban J connectivity index is 1.63. The third-order valence-electron chi connectivity index (χ3n) is 4.48. The number of furan rings is 1. The third kappa shape index (κ3) is 2.79. The number of carbonyl (C=O) groups is 1. The van der Waals surface area contributed by atoms with Crippen molar-refractivity contribution in [3.8, 4) is 0 Å². The summed E-state index contributed by atoms with van der Waals surface area (Å²) in [6.07, 6.45) is 2.68. The van der Waals surface area contributed by atoms with Gasteiger partial charge in [-0.15, -0.1) is 0 Å². The van der Waals surface area contributed by atoms with Crippen molar-refractivity contribution >= 4 is 32.8 Å². The van der Waals surface area contributed by atoms with Crippen LogP contribution < -0.4 is 0 Å². The van der Waals surface area contributed by atoms with E-state index in [1.165, 1.54) is 0 Å². The Bertz CT molecular complexity index is 722. The lowest BCUT2D eigenvalue weighted by atomic mass is 10.0. The average Bonchev–Trinajstić information content (AvgIpc) is 3.24. The number of fused-ring (bicyclic) bond motifs is 1. The van der Waals surface area contributed by atoms with Gasteiger partial charge in [-0.1, -0.05) is 12.1 Å². The summed E-state index contributed by atoms with van der Waals surface area (Å²) in [6.45, 7) is 1.91. The van der Waals surface area contributed by atoms with E-state index in [4.69, 9.17) is 13.9 Å². The van der Waals surface area contributed by atoms with Crippen LogP contribution >= 0.6 is 15.9 Å². The van der Waals surface area contributed by atoms with E-state index >= 15 is 0 Å². The molecule has 2 aliphatic heterocycles. The molecule has 0 aliphatic carbocycles. The van der Waals surface area contributed by atoms with E-state index in [0.717, 1.165) is 29.1 Å². The van der Waals surface area contributed by atoms with Crippen LogP contribution in [0.15, 0.2) is 33.2 Å². The molecule has 1 aromatic heterocycles. The minimum absolute atomic E-state index is 0.0320. The summed E-state index contributed by atoms with van der Waals surface area (Å²) in [4.78, 5) is 14.8. The second-order valence-electron chi connectivity index (χ2n) is 5.94. The average molecular weight is 380 g/mol. The molecule has 122 valence electrons. The van der Waals surface area contributed by atoms with Crippen molar-refractivity contribution in [2.24, 2.45) is 0 Å². The Morgan fingerprint density at radius 1 is 1.22 bits per heavy atom. The Hall–Kier alpha value is -1.37. The zero-order chi connectivity index (χ0) is 15.8. The lowest BCUT2D eigenvalue weighted by molar-refractivity contribution is -0.100. The summed E-state index contributed by atoms with van der Waals surface area (Å²) < 4.78 is 17.9. The maximum absolute atomic E-state index is 13.0. The number of hydrogen-bond donors (Lipinski definition) is 0. The smallest absolute Gasteiger partial charge is 0.290 e. The number of piperidine rings is 1. The topological polar surface area (TPSA) is 51.9 Å². The van der Waals surface area contributed by atoms with E-state index in [-0.39, 0.29) is 18.2 Å². The van der Waals surface area contributed by atoms with E-state index in [0.29, 0.717) is 31.1 Å². The summed E-state index contributed by atoms with van der Waals surface area (Å²) in [5, 5.41) is 0.921. The van der Waals surface area contributed by atoms with Crippen molar-refractivity contribution < 1.29 is 18.7 Å². The highest BCUT2D eigenvalue weighted by molar-refractivity contribution is 9.10. The number of amides is 1. The van der Waals surface area contributed by atoms with Gasteiger partial charge < -0.3 is 18.8 Å². The number of rotatable bonds is 2. The number of nitrogens with zero attached hydrogens (tertiary/aromatic N) is 1. The first-order valence-electron chi connectivity index (χ1n) is 7.96. The van der Waals surface area contributed by atoms with Crippen LogP contribution in [0.1, 0.15) is 29.8 Å². The Kier molecular flexibility index (Phi) is 4.13. The van der Waals surface area contributed by atoms with Gasteiger partial charge in [-0.2, -0.15) is 0 Å². The van der Waals surface area contributed by atoms with Gasteiger partial charge in [0.2, 0.25) is 0 Å². The monoisotopic (exact) mass is 379 g/mol. The normalized spacial score (nSPS) is 22.8. The maximum Gasteiger partial charge on any atom is 0.290 e. The molecule has 0 saturated carbocycles. The highest BCUT2D eigenvalue weighted by Gasteiger charge is 2.37. The van der Waals surface area contributed by atoms with Crippen LogP contribution in [-0.2, 0) is 9.47 Å². The quantitative estimate of drug-likeness (QED) is 0.800. The fraction of sp³-hybridized carbons (Fsp3) is 0.471. The largest absolute Gasteiger partial charge is 0.450 e. The van der Waals surface area contributed by atoms with Gasteiger partial charge in [0.25, 0.3) is 5.91 Å². The highest BCUT2D eigenvalue weighted by Crippen LogP contribution is 2.30. The Morgan fingerprint density at radius 3 is 2.83 bits per heavy atom. The molecule has 0 bridgehead atoms. The van der Waals surface area contributed by atoms with Crippen molar-refractivity contribution in [2.75, 3.05) is 19.8 Å². The van der Waals surface area contributed by atoms with Crippen LogP contribution in [0.5, 0.6) is 0 Å². The zero-order valence-electron chi connectivity index (χ0n) is 12.7. The van der Waals surface area contributed by atoms with Crippen molar-refractivity contribution in [1.82, 2.24) is 4.90 Å². The molecule has 2 fully saturated rings. The number of benzene rings is 1. The second-order valence-corrected chi connectivity index (χ2v) is 6.79. The van der Waals surface area contributed by atoms with Crippen LogP contribution in [-0.4, -0.2) is 42.9 Å². The number of carbonyl (C=O) groups excluding carboxylic acids is 1. The zero-order valence-corrected chi connectivity index (χ0v) is 14.3. The van der Waals surface area contributed by atoms with Crippen LogP contribution in [0.4, 0.5) is 0 Å². The summed E-state index contributed by atoms with van der Waals surface area (Å²) in [5.74, 6) is 0.286. The van der Waals surface area contributed by atoms with Gasteiger partial charge in [-0.25, -0.2) is 0 Å². The highest BCUT2D eigenvalue weighted by atomic mass is 79.9. The van der Waals surface area contributed by atoms with Crippen molar-refractivity contribution in [3.63, 3.8) is 0 Å². The molecule has 6 heteroatoms.